The highest BCUT2D eigenvalue weighted by Gasteiger charge is 2.17. The van der Waals surface area contributed by atoms with Crippen molar-refractivity contribution in [1.29, 1.82) is 0 Å². The Labute approximate surface area is 303 Å². The maximum atomic E-state index is 2.42. The summed E-state index contributed by atoms with van der Waals surface area (Å²) in [6, 6.07) is 66.7. The molecule has 10 rings (SSSR count). The maximum absolute atomic E-state index is 2.42. The number of aryl methyl sites for hydroxylation is 2. The van der Waals surface area contributed by atoms with Gasteiger partial charge in [-0.2, -0.15) is 0 Å². The lowest BCUT2D eigenvalue weighted by Gasteiger charge is -2.11. The molecule has 0 spiro atoms. The van der Waals surface area contributed by atoms with E-state index in [0.29, 0.717) is 0 Å². The van der Waals surface area contributed by atoms with E-state index in [0.717, 1.165) is 0 Å². The molecular weight excluding hydrogens is 629 g/mol. The van der Waals surface area contributed by atoms with Gasteiger partial charge in [-0.1, -0.05) is 121 Å². The highest BCUT2D eigenvalue weighted by Crippen LogP contribution is 2.39. The predicted molar refractivity (Wildman–Crippen MR) is 221 cm³/mol. The fourth-order valence-electron chi connectivity index (χ4n) is 8.04. The Kier molecular flexibility index (Phi) is 6.97. The maximum Gasteiger partial charge on any atom is 0.0543 e. The summed E-state index contributed by atoms with van der Waals surface area (Å²) >= 11 is 0. The van der Waals surface area contributed by atoms with Crippen LogP contribution in [0.2, 0.25) is 0 Å². The van der Waals surface area contributed by atoms with Gasteiger partial charge in [0.05, 0.1) is 22.1 Å². The number of rotatable bonds is 5. The van der Waals surface area contributed by atoms with Crippen molar-refractivity contribution in [2.24, 2.45) is 0 Å². The molecule has 52 heavy (non-hydrogen) atoms. The third kappa shape index (κ3) is 4.95. The average molecular weight is 665 g/mol. The Bertz CT molecular complexity index is 2720. The van der Waals surface area contributed by atoms with Gasteiger partial charge in [0.15, 0.2) is 0 Å². The van der Waals surface area contributed by atoms with Crippen molar-refractivity contribution in [3.05, 3.63) is 193 Å². The normalized spacial score (nSPS) is 11.7. The van der Waals surface area contributed by atoms with Crippen molar-refractivity contribution in [2.75, 3.05) is 0 Å². The fourth-order valence-corrected chi connectivity index (χ4v) is 8.04. The van der Waals surface area contributed by atoms with E-state index < -0.39 is 0 Å². The molecule has 2 aromatic heterocycles. The van der Waals surface area contributed by atoms with Gasteiger partial charge in [-0.25, -0.2) is 0 Å². The molecule has 0 fully saturated rings. The van der Waals surface area contributed by atoms with Crippen molar-refractivity contribution in [1.82, 2.24) is 9.13 Å². The molecular formula is C50H36N2. The van der Waals surface area contributed by atoms with Gasteiger partial charge in [0.1, 0.15) is 0 Å². The largest absolute Gasteiger partial charge is 0.309 e. The molecule has 0 aliphatic rings. The van der Waals surface area contributed by atoms with Crippen molar-refractivity contribution in [3.8, 4) is 44.8 Å². The third-order valence-electron chi connectivity index (χ3n) is 10.6. The molecule has 2 nitrogen and oxygen atoms in total. The topological polar surface area (TPSA) is 9.86 Å². The smallest absolute Gasteiger partial charge is 0.0543 e. The monoisotopic (exact) mass is 664 g/mol. The van der Waals surface area contributed by atoms with Gasteiger partial charge in [-0.05, 0) is 119 Å². The second-order valence-electron chi connectivity index (χ2n) is 14.0. The molecule has 0 N–H and O–H groups in total. The zero-order valence-electron chi connectivity index (χ0n) is 29.2. The summed E-state index contributed by atoms with van der Waals surface area (Å²) in [5.74, 6) is 0. The SMILES string of the molecule is Cc1ccc2c3cc(-c4ccc5c(c4)c4ccc(C)cc4n5-c4ccc(-c5ccccc5)cc4)ccc3n(-c3ccc(-c4ccccc4)cc3)c2c1. The van der Waals surface area contributed by atoms with Crippen LogP contribution >= 0.6 is 0 Å². The Morgan fingerprint density at radius 1 is 0.269 bits per heavy atom. The second kappa shape index (κ2) is 12.0. The van der Waals surface area contributed by atoms with Crippen LogP contribution in [-0.4, -0.2) is 9.13 Å². The number of nitrogens with zero attached hydrogens (tertiary/aromatic N) is 2. The molecule has 0 saturated carbocycles. The Morgan fingerprint density at radius 2 is 0.635 bits per heavy atom. The highest BCUT2D eigenvalue weighted by molar-refractivity contribution is 6.13. The van der Waals surface area contributed by atoms with Gasteiger partial charge in [0.25, 0.3) is 0 Å². The van der Waals surface area contributed by atoms with E-state index in [2.05, 4.69) is 205 Å². The van der Waals surface area contributed by atoms with E-state index in [9.17, 15) is 0 Å². The van der Waals surface area contributed by atoms with Crippen LogP contribution in [0.5, 0.6) is 0 Å². The molecule has 0 unspecified atom stereocenters. The number of hydrogen-bond acceptors (Lipinski definition) is 0. The quantitative estimate of drug-likeness (QED) is 0.173. The van der Waals surface area contributed by atoms with Crippen molar-refractivity contribution in [3.63, 3.8) is 0 Å². The first-order chi connectivity index (χ1) is 25.6. The Balaban J connectivity index is 1.10. The first kappa shape index (κ1) is 30.2. The first-order valence-electron chi connectivity index (χ1n) is 18.0. The van der Waals surface area contributed by atoms with Gasteiger partial charge in [-0.15, -0.1) is 0 Å². The average Bonchev–Trinajstić information content (AvgIpc) is 3.69. The molecule has 246 valence electrons. The summed E-state index contributed by atoms with van der Waals surface area (Å²) in [6.45, 7) is 4.35. The van der Waals surface area contributed by atoms with Gasteiger partial charge in [0.2, 0.25) is 0 Å². The number of hydrogen-bond donors (Lipinski definition) is 0. The van der Waals surface area contributed by atoms with Gasteiger partial charge < -0.3 is 9.13 Å². The van der Waals surface area contributed by atoms with Gasteiger partial charge in [-0.3, -0.25) is 0 Å². The summed E-state index contributed by atoms with van der Waals surface area (Å²) in [5, 5.41) is 5.05. The van der Waals surface area contributed by atoms with E-state index in [1.54, 1.807) is 0 Å². The lowest BCUT2D eigenvalue weighted by Crippen LogP contribution is -1.94. The summed E-state index contributed by atoms with van der Waals surface area (Å²) in [5.41, 5.74) is 17.1. The van der Waals surface area contributed by atoms with Crippen molar-refractivity contribution >= 4 is 43.6 Å². The molecule has 0 amide bonds. The first-order valence-corrected chi connectivity index (χ1v) is 18.0. The van der Waals surface area contributed by atoms with E-state index in [1.165, 1.54) is 99.5 Å². The lowest BCUT2D eigenvalue weighted by molar-refractivity contribution is 1.18. The van der Waals surface area contributed by atoms with Gasteiger partial charge >= 0.3 is 0 Å². The van der Waals surface area contributed by atoms with Crippen LogP contribution in [0.15, 0.2) is 182 Å². The lowest BCUT2D eigenvalue weighted by atomic mass is 10.00. The molecule has 0 saturated heterocycles. The zero-order valence-corrected chi connectivity index (χ0v) is 29.2. The third-order valence-corrected chi connectivity index (χ3v) is 10.6. The van der Waals surface area contributed by atoms with Crippen LogP contribution in [0, 0.1) is 13.8 Å². The second-order valence-corrected chi connectivity index (χ2v) is 14.0. The van der Waals surface area contributed by atoms with Crippen LogP contribution in [-0.2, 0) is 0 Å². The minimum Gasteiger partial charge on any atom is -0.309 e. The number of aromatic nitrogens is 2. The van der Waals surface area contributed by atoms with Crippen molar-refractivity contribution < 1.29 is 0 Å². The summed E-state index contributed by atoms with van der Waals surface area (Å²) in [6.07, 6.45) is 0. The van der Waals surface area contributed by atoms with E-state index >= 15 is 0 Å². The van der Waals surface area contributed by atoms with E-state index in [4.69, 9.17) is 0 Å². The van der Waals surface area contributed by atoms with Crippen LogP contribution in [0.25, 0.3) is 88.4 Å². The molecule has 10 aromatic rings. The molecule has 0 aliphatic carbocycles. The fraction of sp³-hybridized carbons (Fsp3) is 0.0400. The summed E-state index contributed by atoms with van der Waals surface area (Å²) < 4.78 is 4.83. The predicted octanol–water partition coefficient (Wildman–Crippen LogP) is 13.5. The molecule has 0 atom stereocenters. The standard InChI is InChI=1S/C50H36N2/c1-33-13-25-43-45-31-39(19-27-47(45)51(49(43)29-33)41-21-15-37(16-22-41)35-9-5-3-6-10-35)40-20-28-48-46(32-40)44-26-14-34(2)30-50(44)52(48)42-23-17-38(18-24-42)36-11-7-4-8-12-36/h3-32H,1-2H3. The van der Waals surface area contributed by atoms with Crippen LogP contribution in [0.3, 0.4) is 0 Å². The molecule has 2 heteroatoms. The van der Waals surface area contributed by atoms with Crippen LogP contribution < -0.4 is 0 Å². The molecule has 8 aromatic carbocycles. The minimum absolute atomic E-state index is 1.17. The summed E-state index contributed by atoms with van der Waals surface area (Å²) in [7, 11) is 0. The van der Waals surface area contributed by atoms with Gasteiger partial charge in [0, 0.05) is 32.9 Å². The zero-order chi connectivity index (χ0) is 34.8. The molecule has 0 aliphatic heterocycles. The molecule has 0 radical (unpaired) electrons. The highest BCUT2D eigenvalue weighted by atomic mass is 15.0. The Hall–Kier alpha value is -6.64. The van der Waals surface area contributed by atoms with Crippen molar-refractivity contribution in [2.45, 2.75) is 13.8 Å². The van der Waals surface area contributed by atoms with Crippen LogP contribution in [0.4, 0.5) is 0 Å². The molecule has 2 heterocycles. The van der Waals surface area contributed by atoms with E-state index in [1.807, 2.05) is 0 Å². The van der Waals surface area contributed by atoms with E-state index in [-0.39, 0.29) is 0 Å². The van der Waals surface area contributed by atoms with Crippen LogP contribution in [0.1, 0.15) is 11.1 Å². The number of benzene rings is 8. The Morgan fingerprint density at radius 3 is 1.04 bits per heavy atom. The summed E-state index contributed by atoms with van der Waals surface area (Å²) in [4.78, 5) is 0. The molecule has 0 bridgehead atoms. The minimum atomic E-state index is 1.17. The number of fused-ring (bicyclic) bond motifs is 6.